The topological polar surface area (TPSA) is 102 Å². The van der Waals surface area contributed by atoms with Gasteiger partial charge in [-0.3, -0.25) is 4.79 Å². The monoisotopic (exact) mass is 484 g/mol. The lowest BCUT2D eigenvalue weighted by molar-refractivity contribution is -0.116. The Bertz CT molecular complexity index is 1360. The van der Waals surface area contributed by atoms with E-state index in [0.29, 0.717) is 30.2 Å². The number of aromatic nitrogens is 1. The van der Waals surface area contributed by atoms with Crippen molar-refractivity contribution in [2.75, 3.05) is 10.6 Å². The molecule has 1 saturated carbocycles. The van der Waals surface area contributed by atoms with Gasteiger partial charge in [0, 0.05) is 29.4 Å². The van der Waals surface area contributed by atoms with E-state index in [2.05, 4.69) is 41.7 Å². The predicted molar refractivity (Wildman–Crippen MR) is 136 cm³/mol. The highest BCUT2D eigenvalue weighted by molar-refractivity contribution is 5.93. The number of nitrogens with one attached hydrogen (secondary N) is 3. The van der Waals surface area contributed by atoms with Gasteiger partial charge in [-0.2, -0.15) is 0 Å². The largest absolute Gasteiger partial charge is 0.487 e. The van der Waals surface area contributed by atoms with E-state index in [1.807, 2.05) is 48.5 Å². The molecular formula is C28H28N4O4. The molecule has 1 aromatic heterocycles. The van der Waals surface area contributed by atoms with Gasteiger partial charge in [0.1, 0.15) is 29.2 Å². The zero-order chi connectivity index (χ0) is 25.0. The zero-order valence-corrected chi connectivity index (χ0v) is 20.4. The van der Waals surface area contributed by atoms with E-state index >= 15 is 0 Å². The quantitative estimate of drug-likeness (QED) is 0.478. The van der Waals surface area contributed by atoms with Crippen molar-refractivity contribution in [1.82, 2.24) is 10.3 Å². The van der Waals surface area contributed by atoms with Gasteiger partial charge >= 0.3 is 6.03 Å². The Balaban J connectivity index is 1.11. The van der Waals surface area contributed by atoms with E-state index in [0.717, 1.165) is 22.6 Å². The molecule has 6 rings (SSSR count). The van der Waals surface area contributed by atoms with E-state index in [1.54, 1.807) is 6.20 Å². The summed E-state index contributed by atoms with van der Waals surface area (Å²) in [7, 11) is 0. The first kappa shape index (κ1) is 22.4. The van der Waals surface area contributed by atoms with Crippen molar-refractivity contribution in [3.05, 3.63) is 71.4 Å². The van der Waals surface area contributed by atoms with Crippen LogP contribution in [0, 0.1) is 0 Å². The van der Waals surface area contributed by atoms with Crippen LogP contribution in [0.25, 0.3) is 0 Å². The molecule has 0 radical (unpaired) electrons. The third-order valence-electron chi connectivity index (χ3n) is 6.96. The fourth-order valence-corrected chi connectivity index (χ4v) is 4.93. The average molecular weight is 485 g/mol. The fraction of sp³-hybridized carbons (Fsp3) is 0.321. The van der Waals surface area contributed by atoms with Gasteiger partial charge in [-0.25, -0.2) is 9.78 Å². The molecule has 0 spiro atoms. The highest BCUT2D eigenvalue weighted by atomic mass is 16.5. The number of nitrogens with zero attached hydrogens (tertiary/aromatic N) is 1. The molecule has 0 saturated heterocycles. The second-order valence-corrected chi connectivity index (χ2v) is 10.5. The molecule has 8 nitrogen and oxygen atoms in total. The number of ether oxygens (including phenoxy) is 2. The van der Waals surface area contributed by atoms with Crippen molar-refractivity contribution in [1.29, 1.82) is 0 Å². The lowest BCUT2D eigenvalue weighted by atomic mass is 9.87. The van der Waals surface area contributed by atoms with Gasteiger partial charge in [-0.1, -0.05) is 32.9 Å². The Morgan fingerprint density at radius 2 is 1.92 bits per heavy atom. The van der Waals surface area contributed by atoms with Crippen LogP contribution in [0.3, 0.4) is 0 Å². The van der Waals surface area contributed by atoms with Gasteiger partial charge in [0.2, 0.25) is 5.91 Å². The van der Waals surface area contributed by atoms with Crippen LogP contribution in [-0.2, 0) is 16.6 Å². The second kappa shape index (κ2) is 8.26. The number of pyridine rings is 1. The highest BCUT2D eigenvalue weighted by Crippen LogP contribution is 2.54. The van der Waals surface area contributed by atoms with Gasteiger partial charge in [0.25, 0.3) is 0 Å². The molecule has 3 N–H and O–H groups in total. The number of anilines is 2. The van der Waals surface area contributed by atoms with Gasteiger partial charge in [0.05, 0.1) is 12.0 Å². The smallest absolute Gasteiger partial charge is 0.319 e. The molecule has 3 aromatic rings. The van der Waals surface area contributed by atoms with Crippen LogP contribution in [0.2, 0.25) is 0 Å². The minimum atomic E-state index is -0.249. The minimum absolute atomic E-state index is 0.0360. The van der Waals surface area contributed by atoms with Crippen LogP contribution in [0.1, 0.15) is 49.8 Å². The highest BCUT2D eigenvalue weighted by Gasteiger charge is 2.59. The van der Waals surface area contributed by atoms with Crippen molar-refractivity contribution in [3.63, 3.8) is 0 Å². The van der Waals surface area contributed by atoms with Crippen LogP contribution < -0.4 is 25.4 Å². The molecule has 0 bridgehead atoms. The summed E-state index contributed by atoms with van der Waals surface area (Å²) in [5, 5.41) is 8.75. The predicted octanol–water partition coefficient (Wildman–Crippen LogP) is 5.10. The van der Waals surface area contributed by atoms with E-state index < -0.39 is 0 Å². The van der Waals surface area contributed by atoms with Crippen LogP contribution in [-0.4, -0.2) is 29.1 Å². The normalized spacial score (nSPS) is 21.3. The third-order valence-corrected chi connectivity index (χ3v) is 6.96. The molecule has 1 fully saturated rings. The van der Waals surface area contributed by atoms with Crippen molar-refractivity contribution in [3.8, 4) is 17.2 Å². The molecule has 8 heteroatoms. The van der Waals surface area contributed by atoms with E-state index in [4.69, 9.17) is 9.47 Å². The fourth-order valence-electron chi connectivity index (χ4n) is 4.93. The van der Waals surface area contributed by atoms with Crippen LogP contribution >= 0.6 is 0 Å². The Morgan fingerprint density at radius 3 is 2.69 bits per heavy atom. The summed E-state index contributed by atoms with van der Waals surface area (Å²) in [6.07, 6.45) is 2.55. The molecule has 2 aliphatic heterocycles. The molecule has 36 heavy (non-hydrogen) atoms. The Kier molecular flexibility index (Phi) is 5.14. The van der Waals surface area contributed by atoms with Crippen molar-refractivity contribution in [2.24, 2.45) is 0 Å². The number of carbonyl (C=O) groups excluding carboxylic acids is 2. The van der Waals surface area contributed by atoms with Crippen LogP contribution in [0.5, 0.6) is 17.2 Å². The summed E-state index contributed by atoms with van der Waals surface area (Å²) in [4.78, 5) is 28.6. The Morgan fingerprint density at radius 1 is 1.11 bits per heavy atom. The number of carbonyl (C=O) groups is 2. The Labute approximate surface area is 209 Å². The number of amides is 3. The molecule has 184 valence electrons. The molecule has 3 atom stereocenters. The lowest BCUT2D eigenvalue weighted by Gasteiger charge is -2.19. The molecular weight excluding hydrogens is 456 g/mol. The van der Waals surface area contributed by atoms with E-state index in [9.17, 15) is 9.59 Å². The number of rotatable bonds is 4. The lowest BCUT2D eigenvalue weighted by Crippen LogP contribution is -2.34. The summed E-state index contributed by atoms with van der Waals surface area (Å²) < 4.78 is 12.2. The summed E-state index contributed by atoms with van der Waals surface area (Å²) in [5.41, 5.74) is 3.94. The first-order chi connectivity index (χ1) is 17.3. The SMILES string of the molecule is CC(C)(C)c1ccc(NC(=O)N[C@@H]2[C@H]3Oc4ccc(Oc5ccnc6c5CCC(=O)N6)cc4[C@@H]23)cc1. The first-order valence-corrected chi connectivity index (χ1v) is 12.2. The van der Waals surface area contributed by atoms with Crippen molar-refractivity contribution < 1.29 is 19.1 Å². The molecule has 3 aliphatic rings. The van der Waals surface area contributed by atoms with Gasteiger partial charge < -0.3 is 25.4 Å². The maximum Gasteiger partial charge on any atom is 0.319 e. The number of urea groups is 1. The maximum absolute atomic E-state index is 12.6. The van der Waals surface area contributed by atoms with E-state index in [1.165, 1.54) is 5.56 Å². The minimum Gasteiger partial charge on any atom is -0.487 e. The third kappa shape index (κ3) is 4.12. The standard InChI is InChI=1S/C28H28N4O4/c1-28(2,3)15-4-6-16(7-5-15)30-27(34)32-24-23-19-14-17(8-10-20(19)36-25(23)24)35-21-12-13-29-26-18(21)9-11-22(33)31-26/h4-8,10,12-14,23-25H,9,11H2,1-3H3,(H,29,31,33)(H2,30,32,34)/t23-,24-,25-/m0/s1. The Hall–Kier alpha value is -4.07. The first-order valence-electron chi connectivity index (χ1n) is 12.2. The summed E-state index contributed by atoms with van der Waals surface area (Å²) in [6.45, 7) is 6.48. The van der Waals surface area contributed by atoms with Crippen molar-refractivity contribution >= 4 is 23.4 Å². The molecule has 0 unspecified atom stereocenters. The molecule has 3 heterocycles. The van der Waals surface area contributed by atoms with Gasteiger partial charge in [-0.05, 0) is 53.8 Å². The van der Waals surface area contributed by atoms with E-state index in [-0.39, 0.29) is 35.4 Å². The molecule has 1 aliphatic carbocycles. The van der Waals surface area contributed by atoms with Crippen LogP contribution in [0.4, 0.5) is 16.3 Å². The number of benzene rings is 2. The molecule has 3 amide bonds. The average Bonchev–Trinajstić information content (AvgIpc) is 3.34. The number of fused-ring (bicyclic) bond motifs is 4. The zero-order valence-electron chi connectivity index (χ0n) is 20.4. The van der Waals surface area contributed by atoms with Crippen molar-refractivity contribution in [2.45, 2.75) is 57.1 Å². The molecule has 2 aromatic carbocycles. The van der Waals surface area contributed by atoms with Gasteiger partial charge in [0.15, 0.2) is 0 Å². The summed E-state index contributed by atoms with van der Waals surface area (Å²) in [5.74, 6) is 2.78. The number of hydrogen-bond donors (Lipinski definition) is 3. The second-order valence-electron chi connectivity index (χ2n) is 10.5. The summed E-state index contributed by atoms with van der Waals surface area (Å²) in [6, 6.07) is 15.1. The maximum atomic E-state index is 12.6. The number of hydrogen-bond acceptors (Lipinski definition) is 5. The summed E-state index contributed by atoms with van der Waals surface area (Å²) >= 11 is 0. The van der Waals surface area contributed by atoms with Gasteiger partial charge in [-0.15, -0.1) is 0 Å². The van der Waals surface area contributed by atoms with Crippen LogP contribution in [0.15, 0.2) is 54.7 Å².